The van der Waals surface area contributed by atoms with Crippen LogP contribution >= 0.6 is 0 Å². The molecule has 0 unspecified atom stereocenters. The molecule has 0 atom stereocenters. The van der Waals surface area contributed by atoms with E-state index in [4.69, 9.17) is 19.9 Å². The third kappa shape index (κ3) is 6.42. The van der Waals surface area contributed by atoms with Crippen molar-refractivity contribution in [1.82, 2.24) is 24.5 Å². The predicted molar refractivity (Wildman–Crippen MR) is 260 cm³/mol. The van der Waals surface area contributed by atoms with E-state index in [1.165, 1.54) is 21.7 Å². The van der Waals surface area contributed by atoms with Crippen LogP contribution in [0.4, 0.5) is 0 Å². The molecule has 0 saturated carbocycles. The number of rotatable bonds is 7. The van der Waals surface area contributed by atoms with Crippen LogP contribution in [0.25, 0.3) is 117 Å². The van der Waals surface area contributed by atoms with Crippen LogP contribution < -0.4 is 0 Å². The molecule has 0 aliphatic rings. The summed E-state index contributed by atoms with van der Waals surface area (Å²) in [5, 5.41) is 5.90. The van der Waals surface area contributed by atoms with Crippen LogP contribution in [-0.2, 0) is 0 Å². The van der Waals surface area contributed by atoms with Crippen molar-refractivity contribution in [2.75, 3.05) is 0 Å². The normalized spacial score (nSPS) is 11.5. The monoisotopic (exact) mass is 803 g/mol. The summed E-state index contributed by atoms with van der Waals surface area (Å²) >= 11 is 0. The van der Waals surface area contributed by atoms with Gasteiger partial charge in [-0.1, -0.05) is 188 Å². The van der Waals surface area contributed by atoms with Crippen molar-refractivity contribution in [2.24, 2.45) is 0 Å². The molecule has 0 radical (unpaired) electrons. The minimum Gasteiger partial charge on any atom is -0.309 e. The first kappa shape index (κ1) is 36.3. The van der Waals surface area contributed by atoms with Gasteiger partial charge < -0.3 is 4.57 Å². The lowest BCUT2D eigenvalue weighted by molar-refractivity contribution is 1.07. The quantitative estimate of drug-likeness (QED) is 0.151. The average molecular weight is 804 g/mol. The molecule has 0 N–H and O–H groups in total. The lowest BCUT2D eigenvalue weighted by Gasteiger charge is -2.14. The zero-order valence-electron chi connectivity index (χ0n) is 34.1. The Morgan fingerprint density at radius 3 is 1.32 bits per heavy atom. The Bertz CT molecular complexity index is 3570. The minimum atomic E-state index is 0.640. The molecule has 63 heavy (non-hydrogen) atoms. The van der Waals surface area contributed by atoms with E-state index in [1.807, 2.05) is 60.7 Å². The molecule has 0 aliphatic carbocycles. The maximum Gasteiger partial charge on any atom is 0.164 e. The summed E-state index contributed by atoms with van der Waals surface area (Å²) in [5.41, 5.74) is 13.9. The van der Waals surface area contributed by atoms with Crippen molar-refractivity contribution >= 4 is 43.5 Å². The molecule has 12 rings (SSSR count). The summed E-state index contributed by atoms with van der Waals surface area (Å²) in [7, 11) is 0. The molecular formula is C58H37N5. The number of fused-ring (bicyclic) bond motifs is 7. The highest BCUT2D eigenvalue weighted by atomic mass is 15.0. The van der Waals surface area contributed by atoms with Crippen LogP contribution in [-0.4, -0.2) is 24.5 Å². The Kier molecular flexibility index (Phi) is 8.75. The van der Waals surface area contributed by atoms with E-state index in [-0.39, 0.29) is 0 Å². The zero-order valence-corrected chi connectivity index (χ0v) is 34.1. The van der Waals surface area contributed by atoms with Gasteiger partial charge in [-0.3, -0.25) is 0 Å². The largest absolute Gasteiger partial charge is 0.309 e. The smallest absolute Gasteiger partial charge is 0.164 e. The second kappa shape index (κ2) is 15.2. The molecule has 3 aromatic heterocycles. The number of pyridine rings is 1. The SMILES string of the molecule is c1ccc(-c2nc(-c3ccccc3)nc(-c3ccc(-c4ccc(-c5ccc6nc(-c7ccccc7)c7c(ccc8c7c7ccccc7n8-c7ccccc7)c6c5)cc4)cc3)n2)cc1. The maximum atomic E-state index is 5.45. The van der Waals surface area contributed by atoms with Crippen molar-refractivity contribution in [3.8, 4) is 73.4 Å². The first-order valence-corrected chi connectivity index (χ1v) is 21.2. The van der Waals surface area contributed by atoms with E-state index in [0.717, 1.165) is 77.7 Å². The molecule has 0 spiro atoms. The van der Waals surface area contributed by atoms with Crippen molar-refractivity contribution in [1.29, 1.82) is 0 Å². The summed E-state index contributed by atoms with van der Waals surface area (Å²) in [6.07, 6.45) is 0. The van der Waals surface area contributed by atoms with Crippen molar-refractivity contribution < 1.29 is 0 Å². The summed E-state index contributed by atoms with van der Waals surface area (Å²) in [4.78, 5) is 20.1. The van der Waals surface area contributed by atoms with Crippen LogP contribution in [0.2, 0.25) is 0 Å². The molecule has 294 valence electrons. The molecule has 0 bridgehead atoms. The van der Waals surface area contributed by atoms with Crippen LogP contribution in [0.15, 0.2) is 224 Å². The summed E-state index contributed by atoms with van der Waals surface area (Å²) in [6.45, 7) is 0. The molecule has 9 aromatic carbocycles. The van der Waals surface area contributed by atoms with Gasteiger partial charge in [-0.2, -0.15) is 0 Å². The van der Waals surface area contributed by atoms with Gasteiger partial charge in [0.1, 0.15) is 0 Å². The van der Waals surface area contributed by atoms with Crippen LogP contribution in [0.1, 0.15) is 0 Å². The Hall–Kier alpha value is -8.54. The van der Waals surface area contributed by atoms with E-state index >= 15 is 0 Å². The first-order chi connectivity index (χ1) is 31.2. The van der Waals surface area contributed by atoms with E-state index in [1.54, 1.807) is 0 Å². The third-order valence-electron chi connectivity index (χ3n) is 12.0. The number of hydrogen-bond donors (Lipinski definition) is 0. The van der Waals surface area contributed by atoms with E-state index in [2.05, 4.69) is 168 Å². The molecular weight excluding hydrogens is 767 g/mol. The van der Waals surface area contributed by atoms with Gasteiger partial charge in [-0.05, 0) is 64.0 Å². The maximum absolute atomic E-state index is 5.45. The van der Waals surface area contributed by atoms with Gasteiger partial charge in [0.15, 0.2) is 17.5 Å². The number of para-hydroxylation sites is 2. The Balaban J connectivity index is 0.932. The van der Waals surface area contributed by atoms with E-state index in [9.17, 15) is 0 Å². The number of hydrogen-bond acceptors (Lipinski definition) is 4. The average Bonchev–Trinajstić information content (AvgIpc) is 3.71. The van der Waals surface area contributed by atoms with Gasteiger partial charge >= 0.3 is 0 Å². The topological polar surface area (TPSA) is 56.5 Å². The van der Waals surface area contributed by atoms with Gasteiger partial charge in [0.25, 0.3) is 0 Å². The Morgan fingerprint density at radius 1 is 0.270 bits per heavy atom. The van der Waals surface area contributed by atoms with Crippen LogP contribution in [0.5, 0.6) is 0 Å². The highest BCUT2D eigenvalue weighted by Crippen LogP contribution is 2.43. The second-order valence-corrected chi connectivity index (χ2v) is 15.8. The first-order valence-electron chi connectivity index (χ1n) is 21.2. The second-order valence-electron chi connectivity index (χ2n) is 15.8. The number of aromatic nitrogens is 5. The molecule has 0 aliphatic heterocycles. The molecule has 5 heteroatoms. The highest BCUT2D eigenvalue weighted by molar-refractivity contribution is 6.28. The Labute approximate surface area is 364 Å². The third-order valence-corrected chi connectivity index (χ3v) is 12.0. The fourth-order valence-electron chi connectivity index (χ4n) is 9.00. The summed E-state index contributed by atoms with van der Waals surface area (Å²) in [6, 6.07) is 78.7. The molecule has 3 heterocycles. The van der Waals surface area contributed by atoms with Gasteiger partial charge in [-0.25, -0.2) is 19.9 Å². The predicted octanol–water partition coefficient (Wildman–Crippen LogP) is 14.7. The molecule has 0 saturated heterocycles. The molecule has 12 aromatic rings. The van der Waals surface area contributed by atoms with E-state index in [0.29, 0.717) is 17.5 Å². The fourth-order valence-corrected chi connectivity index (χ4v) is 9.00. The van der Waals surface area contributed by atoms with E-state index < -0.39 is 0 Å². The molecule has 0 fully saturated rings. The van der Waals surface area contributed by atoms with Crippen molar-refractivity contribution in [3.63, 3.8) is 0 Å². The van der Waals surface area contributed by atoms with Gasteiger partial charge in [0.05, 0.1) is 22.2 Å². The fraction of sp³-hybridized carbons (Fsp3) is 0. The lowest BCUT2D eigenvalue weighted by atomic mass is 9.94. The highest BCUT2D eigenvalue weighted by Gasteiger charge is 2.20. The molecule has 0 amide bonds. The van der Waals surface area contributed by atoms with Gasteiger partial charge in [0, 0.05) is 49.5 Å². The van der Waals surface area contributed by atoms with Crippen LogP contribution in [0, 0.1) is 0 Å². The van der Waals surface area contributed by atoms with Crippen molar-refractivity contribution in [3.05, 3.63) is 224 Å². The number of nitrogens with zero attached hydrogens (tertiary/aromatic N) is 5. The minimum absolute atomic E-state index is 0.640. The lowest BCUT2D eigenvalue weighted by Crippen LogP contribution is -2.00. The van der Waals surface area contributed by atoms with Gasteiger partial charge in [0.2, 0.25) is 0 Å². The number of benzene rings is 9. The summed E-state index contributed by atoms with van der Waals surface area (Å²) < 4.78 is 2.38. The zero-order chi connectivity index (χ0) is 41.7. The Morgan fingerprint density at radius 2 is 0.730 bits per heavy atom. The van der Waals surface area contributed by atoms with Gasteiger partial charge in [-0.15, -0.1) is 0 Å². The standard InChI is InChI=1S/C58H37N5/c1-5-15-41(16-6-1)55-54-47(34-36-52-53(54)48-23-13-14-24-51(48)63(52)46-21-11-4-12-22-46)49-37-45(33-35-50(49)59-55)40-27-25-38(26-28-40)39-29-31-44(32-30-39)58-61-56(42-17-7-2-8-18-42)60-57(62-58)43-19-9-3-10-20-43/h1-37H. The molecule has 5 nitrogen and oxygen atoms in total. The van der Waals surface area contributed by atoms with Crippen LogP contribution in [0.3, 0.4) is 0 Å². The summed E-state index contributed by atoms with van der Waals surface area (Å²) in [5.74, 6) is 1.94. The van der Waals surface area contributed by atoms with Crippen molar-refractivity contribution in [2.45, 2.75) is 0 Å².